The number of aromatic nitrogens is 1. The number of primary amides is 1. The quantitative estimate of drug-likeness (QED) is 0.717. The molecule has 0 fully saturated rings. The molecule has 1 amide bonds. The Morgan fingerprint density at radius 2 is 2.04 bits per heavy atom. The summed E-state index contributed by atoms with van der Waals surface area (Å²) in [5.41, 5.74) is 8.98. The first-order valence-corrected chi connectivity index (χ1v) is 8.26. The van der Waals surface area contributed by atoms with Crippen LogP contribution < -0.4 is 10.5 Å². The zero-order valence-electron chi connectivity index (χ0n) is 14.0. The second-order valence-corrected chi connectivity index (χ2v) is 6.19. The van der Waals surface area contributed by atoms with Gasteiger partial charge in [0, 0.05) is 17.3 Å². The van der Waals surface area contributed by atoms with Gasteiger partial charge in [-0.1, -0.05) is 23.7 Å². The van der Waals surface area contributed by atoms with Gasteiger partial charge in [0.2, 0.25) is 5.91 Å². The largest absolute Gasteiger partial charge is 0.486 e. The van der Waals surface area contributed by atoms with Gasteiger partial charge in [0.1, 0.15) is 6.61 Å². The molecule has 2 N–H and O–H groups in total. The highest BCUT2D eigenvalue weighted by molar-refractivity contribution is 6.30. The lowest BCUT2D eigenvalue weighted by Gasteiger charge is -2.10. The van der Waals surface area contributed by atoms with Crippen LogP contribution in [0.3, 0.4) is 0 Å². The van der Waals surface area contributed by atoms with Gasteiger partial charge in [0.25, 0.3) is 0 Å². The molecule has 1 heterocycles. The summed E-state index contributed by atoms with van der Waals surface area (Å²) in [6, 6.07) is 13.6. The first kappa shape index (κ1) is 17.9. The molecular weight excluding hydrogens is 355 g/mol. The molecule has 0 bridgehead atoms. The van der Waals surface area contributed by atoms with Crippen LogP contribution in [0.5, 0.6) is 5.75 Å². The van der Waals surface area contributed by atoms with Gasteiger partial charge >= 0.3 is 0 Å². The zero-order valence-corrected chi connectivity index (χ0v) is 14.8. The Balaban J connectivity index is 1.81. The van der Waals surface area contributed by atoms with E-state index < -0.39 is 11.7 Å². The summed E-state index contributed by atoms with van der Waals surface area (Å²) in [7, 11) is 0. The second kappa shape index (κ2) is 7.54. The Hall–Kier alpha value is -2.92. The van der Waals surface area contributed by atoms with Crippen molar-refractivity contribution in [2.45, 2.75) is 13.5 Å². The molecule has 0 aliphatic carbocycles. The minimum absolute atomic E-state index is 0.0166. The second-order valence-electron chi connectivity index (χ2n) is 5.78. The number of ether oxygens (including phenoxy) is 1. The van der Waals surface area contributed by atoms with Crippen LogP contribution in [0.4, 0.5) is 4.39 Å². The molecule has 0 atom stereocenters. The van der Waals surface area contributed by atoms with Crippen LogP contribution in [-0.2, 0) is 6.61 Å². The molecule has 0 unspecified atom stereocenters. The number of aryl methyl sites for hydroxylation is 1. The van der Waals surface area contributed by atoms with E-state index >= 15 is 0 Å². The summed E-state index contributed by atoms with van der Waals surface area (Å²) in [4.78, 5) is 15.7. The summed E-state index contributed by atoms with van der Waals surface area (Å²) in [5.74, 6) is -0.952. The van der Waals surface area contributed by atoms with E-state index in [1.54, 1.807) is 30.5 Å². The number of rotatable bonds is 5. The number of carbonyl (C=O) groups excluding carboxylic acids is 1. The van der Waals surface area contributed by atoms with Crippen molar-refractivity contribution >= 4 is 17.5 Å². The molecule has 3 rings (SSSR count). The molecule has 2 aromatic carbocycles. The Labute approximate surface area is 155 Å². The number of nitrogens with zero attached hydrogens (tertiary/aromatic N) is 1. The number of carbonyl (C=O) groups is 1. The maximum atomic E-state index is 13.9. The van der Waals surface area contributed by atoms with Gasteiger partial charge in [-0.2, -0.15) is 0 Å². The average Bonchev–Trinajstić information content (AvgIpc) is 2.63. The van der Waals surface area contributed by atoms with E-state index in [1.807, 2.05) is 19.1 Å². The lowest BCUT2D eigenvalue weighted by molar-refractivity contribution is 0.0999. The van der Waals surface area contributed by atoms with Gasteiger partial charge in [0.15, 0.2) is 11.6 Å². The summed E-state index contributed by atoms with van der Waals surface area (Å²) < 4.78 is 19.4. The molecule has 26 heavy (non-hydrogen) atoms. The third kappa shape index (κ3) is 3.83. The number of nitrogens with two attached hydrogens (primary N) is 1. The molecule has 0 radical (unpaired) electrons. The number of hydrogen-bond donors (Lipinski definition) is 1. The molecule has 132 valence electrons. The predicted molar refractivity (Wildman–Crippen MR) is 98.7 cm³/mol. The Kier molecular flexibility index (Phi) is 5.19. The van der Waals surface area contributed by atoms with Gasteiger partial charge in [0.05, 0.1) is 10.7 Å². The van der Waals surface area contributed by atoms with Crippen molar-refractivity contribution in [2.75, 3.05) is 0 Å². The predicted octanol–water partition coefficient (Wildman–Crippen LogP) is 4.53. The van der Waals surface area contributed by atoms with E-state index in [9.17, 15) is 9.18 Å². The van der Waals surface area contributed by atoms with Gasteiger partial charge in [-0.15, -0.1) is 0 Å². The molecule has 0 aliphatic heterocycles. The van der Waals surface area contributed by atoms with E-state index in [-0.39, 0.29) is 17.4 Å². The maximum absolute atomic E-state index is 13.9. The van der Waals surface area contributed by atoms with Crippen molar-refractivity contribution in [2.24, 2.45) is 5.73 Å². The molecule has 0 saturated heterocycles. The number of pyridine rings is 1. The highest BCUT2D eigenvalue weighted by Gasteiger charge is 2.10. The summed E-state index contributed by atoms with van der Waals surface area (Å²) in [6.07, 6.45) is 1.65. The van der Waals surface area contributed by atoms with Gasteiger partial charge in [-0.25, -0.2) is 4.39 Å². The number of amides is 1. The topological polar surface area (TPSA) is 65.2 Å². The molecule has 6 heteroatoms. The van der Waals surface area contributed by atoms with E-state index in [2.05, 4.69) is 4.98 Å². The highest BCUT2D eigenvalue weighted by Crippen LogP contribution is 2.26. The number of benzene rings is 2. The fourth-order valence-corrected chi connectivity index (χ4v) is 2.74. The molecule has 3 aromatic rings. The van der Waals surface area contributed by atoms with Gasteiger partial charge in [-0.3, -0.25) is 9.78 Å². The summed E-state index contributed by atoms with van der Waals surface area (Å²) in [5, 5.41) is 0.0166. The van der Waals surface area contributed by atoms with Crippen LogP contribution in [-0.4, -0.2) is 10.9 Å². The number of hydrogen-bond acceptors (Lipinski definition) is 3. The Bertz CT molecular complexity index is 976. The van der Waals surface area contributed by atoms with Crippen LogP contribution in [0.25, 0.3) is 11.3 Å². The lowest BCUT2D eigenvalue weighted by Crippen LogP contribution is -2.12. The van der Waals surface area contributed by atoms with Crippen molar-refractivity contribution in [3.8, 4) is 17.0 Å². The zero-order chi connectivity index (χ0) is 18.7. The summed E-state index contributed by atoms with van der Waals surface area (Å²) >= 11 is 5.75. The number of halogens is 2. The fourth-order valence-electron chi connectivity index (χ4n) is 2.58. The van der Waals surface area contributed by atoms with E-state index in [1.165, 1.54) is 12.1 Å². The minimum atomic E-state index is -0.582. The van der Waals surface area contributed by atoms with Crippen molar-refractivity contribution in [1.82, 2.24) is 4.98 Å². The lowest BCUT2D eigenvalue weighted by atomic mass is 10.0. The van der Waals surface area contributed by atoms with Crippen LogP contribution in [0.2, 0.25) is 5.02 Å². The first-order valence-electron chi connectivity index (χ1n) is 7.88. The molecule has 0 saturated carbocycles. The van der Waals surface area contributed by atoms with Crippen molar-refractivity contribution < 1.29 is 13.9 Å². The van der Waals surface area contributed by atoms with Gasteiger partial charge in [-0.05, 0) is 54.4 Å². The molecule has 1 aromatic heterocycles. The van der Waals surface area contributed by atoms with Crippen LogP contribution in [0.1, 0.15) is 21.5 Å². The van der Waals surface area contributed by atoms with E-state index in [4.69, 9.17) is 22.1 Å². The maximum Gasteiger partial charge on any atom is 0.248 e. The van der Waals surface area contributed by atoms with Crippen LogP contribution in [0.15, 0.2) is 54.7 Å². The van der Waals surface area contributed by atoms with Crippen molar-refractivity contribution in [3.63, 3.8) is 0 Å². The SMILES string of the molecule is Cc1cc(-c2cc(COc3cccc(Cl)c3F)ccn2)ccc1C(N)=O. The average molecular weight is 371 g/mol. The van der Waals surface area contributed by atoms with Crippen LogP contribution in [0, 0.1) is 12.7 Å². The minimum Gasteiger partial charge on any atom is -0.486 e. The first-order chi connectivity index (χ1) is 12.5. The van der Waals surface area contributed by atoms with E-state index in [0.717, 1.165) is 22.4 Å². The summed E-state index contributed by atoms with van der Waals surface area (Å²) in [6.45, 7) is 1.99. The fraction of sp³-hybridized carbons (Fsp3) is 0.100. The highest BCUT2D eigenvalue weighted by atomic mass is 35.5. The Morgan fingerprint density at radius 3 is 2.77 bits per heavy atom. The smallest absolute Gasteiger partial charge is 0.248 e. The van der Waals surface area contributed by atoms with E-state index in [0.29, 0.717) is 5.56 Å². The van der Waals surface area contributed by atoms with Crippen LogP contribution >= 0.6 is 11.6 Å². The van der Waals surface area contributed by atoms with Gasteiger partial charge < -0.3 is 10.5 Å². The third-order valence-electron chi connectivity index (χ3n) is 3.92. The molecule has 0 spiro atoms. The third-order valence-corrected chi connectivity index (χ3v) is 4.21. The van der Waals surface area contributed by atoms with Crippen molar-refractivity contribution in [3.05, 3.63) is 82.3 Å². The monoisotopic (exact) mass is 370 g/mol. The Morgan fingerprint density at radius 1 is 1.23 bits per heavy atom. The molecule has 4 nitrogen and oxygen atoms in total. The molecular formula is C20H16ClFN2O2. The molecule has 0 aliphatic rings. The normalized spacial score (nSPS) is 10.6. The standard InChI is InChI=1S/C20H16ClFN2O2/c1-12-9-14(5-6-15(12)20(23)25)17-10-13(7-8-24-17)11-26-18-4-2-3-16(21)19(18)22/h2-10H,11H2,1H3,(H2,23,25). The van der Waals surface area contributed by atoms with Crippen molar-refractivity contribution in [1.29, 1.82) is 0 Å².